The molecule has 2 aliphatic rings. The van der Waals surface area contributed by atoms with Crippen molar-refractivity contribution in [2.75, 3.05) is 0 Å². The van der Waals surface area contributed by atoms with E-state index in [1.807, 2.05) is 0 Å². The number of benzene rings is 10. The maximum atomic E-state index is 2.51. The molecule has 0 saturated heterocycles. The van der Waals surface area contributed by atoms with E-state index in [1.54, 1.807) is 0 Å². The molecule has 1 spiro atoms. The summed E-state index contributed by atoms with van der Waals surface area (Å²) < 4.78 is 4.82. The van der Waals surface area contributed by atoms with Gasteiger partial charge in [-0.05, 0) is 153 Å². The molecule has 2 aliphatic carbocycles. The molecular formula is C63H42N2. The zero-order valence-electron chi connectivity index (χ0n) is 36.2. The topological polar surface area (TPSA) is 9.86 Å². The van der Waals surface area contributed by atoms with Crippen LogP contribution in [0.15, 0.2) is 218 Å². The molecule has 65 heavy (non-hydrogen) atoms. The number of rotatable bonds is 4. The maximum Gasteiger partial charge on any atom is 0.0725 e. The van der Waals surface area contributed by atoms with Crippen LogP contribution in [0.1, 0.15) is 33.4 Å². The third-order valence-electron chi connectivity index (χ3n) is 14.7. The molecule has 2 heteroatoms. The van der Waals surface area contributed by atoms with Gasteiger partial charge in [0.1, 0.15) is 0 Å². The molecule has 304 valence electrons. The predicted octanol–water partition coefficient (Wildman–Crippen LogP) is 16.2. The first-order valence-corrected chi connectivity index (χ1v) is 22.7. The van der Waals surface area contributed by atoms with Crippen molar-refractivity contribution in [2.24, 2.45) is 0 Å². The van der Waals surface area contributed by atoms with Crippen LogP contribution < -0.4 is 0 Å². The van der Waals surface area contributed by atoms with Gasteiger partial charge in [0, 0.05) is 32.9 Å². The van der Waals surface area contributed by atoms with Gasteiger partial charge in [-0.3, -0.25) is 0 Å². The van der Waals surface area contributed by atoms with Crippen LogP contribution in [0.4, 0.5) is 0 Å². The molecule has 0 N–H and O–H groups in total. The second-order valence-electron chi connectivity index (χ2n) is 18.2. The molecule has 12 aromatic rings. The number of para-hydroxylation sites is 2. The van der Waals surface area contributed by atoms with Crippen LogP contribution >= 0.6 is 0 Å². The first-order valence-electron chi connectivity index (χ1n) is 22.7. The van der Waals surface area contributed by atoms with E-state index in [0.717, 1.165) is 0 Å². The molecule has 0 fully saturated rings. The van der Waals surface area contributed by atoms with E-state index in [-0.39, 0.29) is 0 Å². The molecule has 14 rings (SSSR count). The Morgan fingerprint density at radius 3 is 1.09 bits per heavy atom. The lowest BCUT2D eigenvalue weighted by molar-refractivity contribution is 0.794. The van der Waals surface area contributed by atoms with Gasteiger partial charge in [-0.25, -0.2) is 0 Å². The third kappa shape index (κ3) is 5.00. The SMILES string of the molecule is Cc1ccc(-n2c3ccccc3c3cc(-c4ccc5c(c4)C4(c6ccccc6-5)c5ccccc5-c5ccc(-c6ccc7c(c6)c6ccccc6n7-c6ccc(C)cc6)cc54)ccc32)cc1. The second kappa shape index (κ2) is 13.4. The summed E-state index contributed by atoms with van der Waals surface area (Å²) in [7, 11) is 0. The van der Waals surface area contributed by atoms with Gasteiger partial charge >= 0.3 is 0 Å². The Bertz CT molecular complexity index is 3690. The lowest BCUT2D eigenvalue weighted by atomic mass is 9.70. The van der Waals surface area contributed by atoms with Crippen molar-refractivity contribution in [3.05, 3.63) is 252 Å². The average Bonchev–Trinajstić information content (AvgIpc) is 4.06. The number of hydrogen-bond donors (Lipinski definition) is 0. The number of nitrogens with zero attached hydrogens (tertiary/aromatic N) is 2. The zero-order chi connectivity index (χ0) is 43.0. The van der Waals surface area contributed by atoms with Gasteiger partial charge in [0.15, 0.2) is 0 Å². The summed E-state index contributed by atoms with van der Waals surface area (Å²) in [5.41, 5.74) is 24.8. The summed E-state index contributed by atoms with van der Waals surface area (Å²) >= 11 is 0. The number of aryl methyl sites for hydroxylation is 2. The summed E-state index contributed by atoms with van der Waals surface area (Å²) in [5.74, 6) is 0. The normalized spacial score (nSPS) is 13.2. The van der Waals surface area contributed by atoms with Crippen molar-refractivity contribution in [1.29, 1.82) is 0 Å². The van der Waals surface area contributed by atoms with Crippen molar-refractivity contribution in [2.45, 2.75) is 19.3 Å². The Morgan fingerprint density at radius 2 is 0.631 bits per heavy atom. The molecule has 0 unspecified atom stereocenters. The standard InChI is InChI=1S/C63H42N2/c1-39-19-27-45(28-20-39)64-59-17-9-5-13-51(59)53-35-41(25-33-61(53)64)43-23-31-49-47-11-3-7-15-55(47)63(57(49)37-43)56-16-8-4-12-48(56)50-32-24-44(38-58(50)63)42-26-34-62-54(36-42)52-14-6-10-18-60(52)65(62)46-29-21-40(2)22-30-46/h3-38H,1-2H3. The average molecular weight is 827 g/mol. The van der Waals surface area contributed by atoms with E-state index in [0.29, 0.717) is 0 Å². The van der Waals surface area contributed by atoms with Gasteiger partial charge in [0.05, 0.1) is 27.5 Å². The van der Waals surface area contributed by atoms with Crippen molar-refractivity contribution >= 4 is 43.6 Å². The Morgan fingerprint density at radius 1 is 0.277 bits per heavy atom. The number of fused-ring (bicyclic) bond motifs is 16. The smallest absolute Gasteiger partial charge is 0.0725 e. The zero-order valence-corrected chi connectivity index (χ0v) is 36.2. The van der Waals surface area contributed by atoms with E-state index >= 15 is 0 Å². The molecular weight excluding hydrogens is 785 g/mol. The Labute approximate surface area is 377 Å². The summed E-state index contributed by atoms with van der Waals surface area (Å²) in [6, 6.07) is 82.3. The Kier molecular flexibility index (Phi) is 7.49. The van der Waals surface area contributed by atoms with E-state index in [2.05, 4.69) is 241 Å². The van der Waals surface area contributed by atoms with Crippen LogP contribution in [0.3, 0.4) is 0 Å². The minimum absolute atomic E-state index is 0.485. The van der Waals surface area contributed by atoms with E-state index in [9.17, 15) is 0 Å². The second-order valence-corrected chi connectivity index (χ2v) is 18.2. The molecule has 10 aromatic carbocycles. The van der Waals surface area contributed by atoms with Gasteiger partial charge < -0.3 is 9.13 Å². The quantitative estimate of drug-likeness (QED) is 0.167. The largest absolute Gasteiger partial charge is 0.309 e. The van der Waals surface area contributed by atoms with E-state index < -0.39 is 5.41 Å². The predicted molar refractivity (Wildman–Crippen MR) is 272 cm³/mol. The fourth-order valence-electron chi connectivity index (χ4n) is 11.7. The highest BCUT2D eigenvalue weighted by molar-refractivity contribution is 6.12. The van der Waals surface area contributed by atoms with Gasteiger partial charge in [-0.1, -0.05) is 157 Å². The summed E-state index contributed by atoms with van der Waals surface area (Å²) in [5, 5.41) is 5.05. The minimum Gasteiger partial charge on any atom is -0.309 e. The molecule has 0 aliphatic heterocycles. The molecule has 2 aromatic heterocycles. The monoisotopic (exact) mass is 826 g/mol. The molecule has 0 amide bonds. The van der Waals surface area contributed by atoms with Crippen LogP contribution in [-0.4, -0.2) is 9.13 Å². The van der Waals surface area contributed by atoms with Gasteiger partial charge in [0.2, 0.25) is 0 Å². The molecule has 0 atom stereocenters. The van der Waals surface area contributed by atoms with Crippen molar-refractivity contribution in [1.82, 2.24) is 9.13 Å². The molecule has 2 heterocycles. The summed E-state index contributed by atoms with van der Waals surface area (Å²) in [4.78, 5) is 0. The first-order chi connectivity index (χ1) is 32.0. The van der Waals surface area contributed by atoms with Crippen LogP contribution in [-0.2, 0) is 5.41 Å². The van der Waals surface area contributed by atoms with Gasteiger partial charge in [0.25, 0.3) is 0 Å². The molecule has 0 radical (unpaired) electrons. The third-order valence-corrected chi connectivity index (χ3v) is 14.7. The highest BCUT2D eigenvalue weighted by atomic mass is 15.0. The fraction of sp³-hybridized carbons (Fsp3) is 0.0476. The lowest BCUT2D eigenvalue weighted by Crippen LogP contribution is -2.26. The van der Waals surface area contributed by atoms with Crippen LogP contribution in [0.2, 0.25) is 0 Å². The van der Waals surface area contributed by atoms with E-state index in [4.69, 9.17) is 0 Å². The van der Waals surface area contributed by atoms with Crippen molar-refractivity contribution in [3.8, 4) is 55.9 Å². The van der Waals surface area contributed by atoms with Crippen molar-refractivity contribution < 1.29 is 0 Å². The molecule has 0 bridgehead atoms. The van der Waals surface area contributed by atoms with E-state index in [1.165, 1.54) is 133 Å². The number of hydrogen-bond acceptors (Lipinski definition) is 0. The summed E-state index contributed by atoms with van der Waals surface area (Å²) in [6.45, 7) is 4.30. The number of aromatic nitrogens is 2. The molecule has 0 saturated carbocycles. The highest BCUT2D eigenvalue weighted by Gasteiger charge is 2.51. The van der Waals surface area contributed by atoms with Crippen LogP contribution in [0.25, 0.3) is 99.5 Å². The Balaban J connectivity index is 0.968. The first kappa shape index (κ1) is 36.3. The minimum atomic E-state index is -0.485. The summed E-state index contributed by atoms with van der Waals surface area (Å²) in [6.07, 6.45) is 0. The fourth-order valence-corrected chi connectivity index (χ4v) is 11.7. The highest BCUT2D eigenvalue weighted by Crippen LogP contribution is 2.63. The lowest BCUT2D eigenvalue weighted by Gasteiger charge is -2.31. The van der Waals surface area contributed by atoms with Crippen LogP contribution in [0, 0.1) is 13.8 Å². The Hall–Kier alpha value is -8.20. The van der Waals surface area contributed by atoms with Crippen molar-refractivity contribution in [3.63, 3.8) is 0 Å². The van der Waals surface area contributed by atoms with Gasteiger partial charge in [-0.15, -0.1) is 0 Å². The van der Waals surface area contributed by atoms with Crippen LogP contribution in [0.5, 0.6) is 0 Å². The molecule has 2 nitrogen and oxygen atoms in total. The van der Waals surface area contributed by atoms with Gasteiger partial charge in [-0.2, -0.15) is 0 Å². The maximum absolute atomic E-state index is 2.51.